The molecule has 1 unspecified atom stereocenters. The van der Waals surface area contributed by atoms with Gasteiger partial charge in [0.1, 0.15) is 18.3 Å². The van der Waals surface area contributed by atoms with E-state index in [0.29, 0.717) is 0 Å². The van der Waals surface area contributed by atoms with Crippen molar-refractivity contribution in [3.05, 3.63) is 35.9 Å². The van der Waals surface area contributed by atoms with Crippen LogP contribution in [0.3, 0.4) is 0 Å². The number of ether oxygens (including phenoxy) is 1. The third-order valence-electron chi connectivity index (χ3n) is 3.32. The minimum absolute atomic E-state index is 0.190. The predicted molar refractivity (Wildman–Crippen MR) is 69.0 cm³/mol. The van der Waals surface area contributed by atoms with Gasteiger partial charge in [-0.2, -0.15) is 0 Å². The van der Waals surface area contributed by atoms with Crippen molar-refractivity contribution in [1.82, 2.24) is 4.90 Å². The van der Waals surface area contributed by atoms with Gasteiger partial charge in [0, 0.05) is 6.42 Å². The molecule has 0 aromatic heterocycles. The topological polar surface area (TPSA) is 66.8 Å². The molecule has 1 saturated heterocycles. The molecule has 1 amide bonds. The monoisotopic (exact) mass is 281 g/mol. The summed E-state index contributed by atoms with van der Waals surface area (Å²) in [6.45, 7) is 1.45. The smallest absolute Gasteiger partial charge is 0.411 e. The van der Waals surface area contributed by atoms with Crippen molar-refractivity contribution in [2.24, 2.45) is 0 Å². The molecule has 0 radical (unpaired) electrons. The molecule has 5 nitrogen and oxygen atoms in total. The van der Waals surface area contributed by atoms with Crippen LogP contribution in [0, 0.1) is 0 Å². The van der Waals surface area contributed by atoms with Gasteiger partial charge in [-0.1, -0.05) is 30.3 Å². The molecule has 6 heteroatoms. The number of carboxylic acid groups (broad SMARTS) is 1. The molecule has 0 spiro atoms. The summed E-state index contributed by atoms with van der Waals surface area (Å²) in [6.07, 6.45) is -2.83. The Morgan fingerprint density at radius 3 is 2.65 bits per heavy atom. The van der Waals surface area contributed by atoms with Gasteiger partial charge in [-0.3, -0.25) is 4.90 Å². The fourth-order valence-corrected chi connectivity index (χ4v) is 2.23. The lowest BCUT2D eigenvalue weighted by Gasteiger charge is -2.23. The standard InChI is InChI=1S/C14H16FNO4/c1-9(10-5-3-2-4-6-10)20-14(19)16-8-11(15)7-12(16)13(17)18/h2-6,9,11-12H,7-8H2,1H3,(H,17,18)/t9?,11-,12-/m0/s1. The quantitative estimate of drug-likeness (QED) is 0.923. The number of carbonyl (C=O) groups excluding carboxylic acids is 1. The third kappa shape index (κ3) is 3.07. The Bertz CT molecular complexity index is 493. The highest BCUT2D eigenvalue weighted by Gasteiger charge is 2.41. The van der Waals surface area contributed by atoms with Crippen molar-refractivity contribution in [1.29, 1.82) is 0 Å². The van der Waals surface area contributed by atoms with Crippen LogP contribution in [0.4, 0.5) is 9.18 Å². The first-order chi connectivity index (χ1) is 9.49. The number of likely N-dealkylation sites (tertiary alicyclic amines) is 1. The Hall–Kier alpha value is -2.11. The Labute approximate surface area is 116 Å². The van der Waals surface area contributed by atoms with Crippen molar-refractivity contribution < 1.29 is 23.8 Å². The van der Waals surface area contributed by atoms with E-state index in [4.69, 9.17) is 9.84 Å². The predicted octanol–water partition coefficient (Wildman–Crippen LogP) is 2.38. The van der Waals surface area contributed by atoms with Gasteiger partial charge < -0.3 is 9.84 Å². The van der Waals surface area contributed by atoms with Crippen LogP contribution in [0.15, 0.2) is 30.3 Å². The number of aliphatic carboxylic acids is 1. The summed E-state index contributed by atoms with van der Waals surface area (Å²) < 4.78 is 18.5. The second-order valence-electron chi connectivity index (χ2n) is 4.78. The Balaban J connectivity index is 2.02. The van der Waals surface area contributed by atoms with Gasteiger partial charge in [-0.25, -0.2) is 14.0 Å². The molecular formula is C14H16FNO4. The van der Waals surface area contributed by atoms with E-state index in [1.54, 1.807) is 19.1 Å². The molecule has 1 aromatic carbocycles. The molecule has 1 aliphatic rings. The van der Waals surface area contributed by atoms with Gasteiger partial charge >= 0.3 is 12.1 Å². The molecule has 0 saturated carbocycles. The second-order valence-corrected chi connectivity index (χ2v) is 4.78. The van der Waals surface area contributed by atoms with Crippen LogP contribution in [0.2, 0.25) is 0 Å². The van der Waals surface area contributed by atoms with E-state index in [2.05, 4.69) is 0 Å². The Morgan fingerprint density at radius 1 is 1.40 bits per heavy atom. The highest BCUT2D eigenvalue weighted by atomic mass is 19.1. The third-order valence-corrected chi connectivity index (χ3v) is 3.32. The summed E-state index contributed by atoms with van der Waals surface area (Å²) in [4.78, 5) is 23.9. The summed E-state index contributed by atoms with van der Waals surface area (Å²) in [5.41, 5.74) is 0.795. The van der Waals surface area contributed by atoms with Gasteiger partial charge in [0.15, 0.2) is 0 Å². The van der Waals surface area contributed by atoms with Gasteiger partial charge in [-0.15, -0.1) is 0 Å². The van der Waals surface area contributed by atoms with Crippen LogP contribution in [0.5, 0.6) is 0 Å². The number of alkyl halides is 1. The van der Waals surface area contributed by atoms with E-state index >= 15 is 0 Å². The molecule has 1 aromatic rings. The first kappa shape index (κ1) is 14.3. The minimum atomic E-state index is -1.32. The molecule has 2 rings (SSSR count). The maximum Gasteiger partial charge on any atom is 0.411 e. The molecule has 1 fully saturated rings. The lowest BCUT2D eigenvalue weighted by molar-refractivity contribution is -0.141. The largest absolute Gasteiger partial charge is 0.480 e. The van der Waals surface area contributed by atoms with E-state index in [-0.39, 0.29) is 13.0 Å². The molecule has 108 valence electrons. The van der Waals surface area contributed by atoms with Crippen molar-refractivity contribution in [3.8, 4) is 0 Å². The van der Waals surface area contributed by atoms with Crippen molar-refractivity contribution in [3.63, 3.8) is 0 Å². The van der Waals surface area contributed by atoms with Crippen molar-refractivity contribution in [2.45, 2.75) is 31.7 Å². The first-order valence-corrected chi connectivity index (χ1v) is 6.38. The number of amides is 1. The second kappa shape index (κ2) is 5.90. The summed E-state index contributed by atoms with van der Waals surface area (Å²) >= 11 is 0. The average molecular weight is 281 g/mol. The van der Waals surface area contributed by atoms with Crippen molar-refractivity contribution in [2.75, 3.05) is 6.54 Å². The molecular weight excluding hydrogens is 265 g/mol. The van der Waals surface area contributed by atoms with E-state index in [0.717, 1.165) is 10.5 Å². The summed E-state index contributed by atoms with van der Waals surface area (Å²) in [5, 5.41) is 8.99. The number of halogens is 1. The summed E-state index contributed by atoms with van der Waals surface area (Å²) in [6, 6.07) is 7.91. The fourth-order valence-electron chi connectivity index (χ4n) is 2.23. The van der Waals surface area contributed by atoms with Crippen LogP contribution in [-0.4, -0.2) is 40.8 Å². The lowest BCUT2D eigenvalue weighted by Crippen LogP contribution is -2.41. The highest BCUT2D eigenvalue weighted by molar-refractivity contribution is 5.81. The number of carboxylic acids is 1. The minimum Gasteiger partial charge on any atom is -0.480 e. The van der Waals surface area contributed by atoms with E-state index in [1.165, 1.54) is 0 Å². The number of nitrogens with zero attached hydrogens (tertiary/aromatic N) is 1. The number of hydrogen-bond donors (Lipinski definition) is 1. The number of hydrogen-bond acceptors (Lipinski definition) is 3. The van der Waals surface area contributed by atoms with Gasteiger partial charge in [0.05, 0.1) is 6.54 Å². The van der Waals surface area contributed by atoms with Gasteiger partial charge in [-0.05, 0) is 12.5 Å². The highest BCUT2D eigenvalue weighted by Crippen LogP contribution is 2.24. The lowest BCUT2D eigenvalue weighted by atomic mass is 10.1. The van der Waals surface area contributed by atoms with Gasteiger partial charge in [0.2, 0.25) is 0 Å². The van der Waals surface area contributed by atoms with Crippen molar-refractivity contribution >= 4 is 12.1 Å². The molecule has 1 aliphatic heterocycles. The molecule has 1 N–H and O–H groups in total. The van der Waals surface area contributed by atoms with Crippen LogP contribution in [0.25, 0.3) is 0 Å². The number of benzene rings is 1. The Kier molecular flexibility index (Phi) is 4.22. The van der Waals surface area contributed by atoms with Gasteiger partial charge in [0.25, 0.3) is 0 Å². The van der Waals surface area contributed by atoms with Crippen LogP contribution >= 0.6 is 0 Å². The molecule has 0 bridgehead atoms. The molecule has 1 heterocycles. The number of carbonyl (C=O) groups is 2. The zero-order chi connectivity index (χ0) is 14.7. The maximum atomic E-state index is 13.3. The zero-order valence-corrected chi connectivity index (χ0v) is 11.0. The number of rotatable bonds is 3. The van der Waals surface area contributed by atoms with E-state index in [9.17, 15) is 14.0 Å². The Morgan fingerprint density at radius 2 is 2.05 bits per heavy atom. The van der Waals surface area contributed by atoms with E-state index < -0.39 is 30.4 Å². The van der Waals surface area contributed by atoms with Crippen LogP contribution < -0.4 is 0 Å². The maximum absolute atomic E-state index is 13.3. The van der Waals surface area contributed by atoms with Crippen LogP contribution in [-0.2, 0) is 9.53 Å². The molecule has 20 heavy (non-hydrogen) atoms. The fraction of sp³-hybridized carbons (Fsp3) is 0.429. The summed E-state index contributed by atoms with van der Waals surface area (Å²) in [5.74, 6) is -1.21. The SMILES string of the molecule is CC(OC(=O)N1C[C@@H](F)C[C@H]1C(=O)O)c1ccccc1. The van der Waals surface area contributed by atoms with Crippen LogP contribution in [0.1, 0.15) is 25.0 Å². The first-order valence-electron chi connectivity index (χ1n) is 6.38. The molecule has 0 aliphatic carbocycles. The molecule has 3 atom stereocenters. The average Bonchev–Trinajstić information content (AvgIpc) is 2.82. The normalized spacial score (nSPS) is 23.4. The van der Waals surface area contributed by atoms with E-state index in [1.807, 2.05) is 18.2 Å². The summed E-state index contributed by atoms with van der Waals surface area (Å²) in [7, 11) is 0. The zero-order valence-electron chi connectivity index (χ0n) is 11.0.